The molecular formula is C12H15N5. The highest BCUT2D eigenvalue weighted by Crippen LogP contribution is 2.10. The minimum absolute atomic E-state index is 0.735. The molecule has 0 amide bonds. The maximum atomic E-state index is 4.45. The quantitative estimate of drug-likeness (QED) is 0.806. The molecule has 0 fully saturated rings. The second kappa shape index (κ2) is 4.45. The second-order valence-corrected chi connectivity index (χ2v) is 3.74. The molecule has 0 bridgehead atoms. The molecule has 0 aliphatic rings. The van der Waals surface area contributed by atoms with Crippen LogP contribution < -0.4 is 0 Å². The summed E-state index contributed by atoms with van der Waals surface area (Å²) in [6.45, 7) is 9.52. The fourth-order valence-electron chi connectivity index (χ4n) is 1.61. The zero-order chi connectivity index (χ0) is 12.4. The standard InChI is InChI=1S/C12H15N5/c1-5-10-7-12(15-11(6-2)14-10)17-9(4)13-8(3)16-17/h5,7H,1,6H2,2-4H3. The Morgan fingerprint density at radius 1 is 1.29 bits per heavy atom. The van der Waals surface area contributed by atoms with Gasteiger partial charge in [-0.05, 0) is 19.9 Å². The van der Waals surface area contributed by atoms with E-state index in [9.17, 15) is 0 Å². The summed E-state index contributed by atoms with van der Waals surface area (Å²) in [5.74, 6) is 3.08. The third-order valence-corrected chi connectivity index (χ3v) is 2.40. The lowest BCUT2D eigenvalue weighted by Crippen LogP contribution is -2.06. The van der Waals surface area contributed by atoms with Crippen LogP contribution in [0.1, 0.15) is 30.1 Å². The molecular weight excluding hydrogens is 214 g/mol. The number of rotatable bonds is 3. The van der Waals surface area contributed by atoms with Crippen molar-refractivity contribution in [2.24, 2.45) is 0 Å². The van der Waals surface area contributed by atoms with Gasteiger partial charge in [0.15, 0.2) is 5.82 Å². The van der Waals surface area contributed by atoms with Crippen molar-refractivity contribution in [1.82, 2.24) is 24.7 Å². The van der Waals surface area contributed by atoms with E-state index in [0.29, 0.717) is 0 Å². The Hall–Kier alpha value is -2.04. The summed E-state index contributed by atoms with van der Waals surface area (Å²) in [5.41, 5.74) is 0.805. The van der Waals surface area contributed by atoms with Crippen molar-refractivity contribution in [2.45, 2.75) is 27.2 Å². The van der Waals surface area contributed by atoms with Crippen molar-refractivity contribution in [1.29, 1.82) is 0 Å². The summed E-state index contributed by atoms with van der Waals surface area (Å²) < 4.78 is 1.73. The van der Waals surface area contributed by atoms with Crippen molar-refractivity contribution in [3.8, 4) is 5.82 Å². The largest absolute Gasteiger partial charge is 0.233 e. The first-order valence-corrected chi connectivity index (χ1v) is 5.55. The van der Waals surface area contributed by atoms with E-state index < -0.39 is 0 Å². The second-order valence-electron chi connectivity index (χ2n) is 3.74. The Bertz CT molecular complexity index is 556. The van der Waals surface area contributed by atoms with E-state index in [-0.39, 0.29) is 0 Å². The Balaban J connectivity index is 2.58. The van der Waals surface area contributed by atoms with Crippen LogP contribution in [0.5, 0.6) is 0 Å². The Morgan fingerprint density at radius 3 is 2.59 bits per heavy atom. The van der Waals surface area contributed by atoms with Crippen molar-refractivity contribution in [3.05, 3.63) is 35.8 Å². The smallest absolute Gasteiger partial charge is 0.159 e. The molecule has 0 saturated heterocycles. The highest BCUT2D eigenvalue weighted by Gasteiger charge is 2.08. The van der Waals surface area contributed by atoms with Gasteiger partial charge in [0.1, 0.15) is 17.5 Å². The first kappa shape index (κ1) is 11.4. The fourth-order valence-corrected chi connectivity index (χ4v) is 1.61. The first-order valence-electron chi connectivity index (χ1n) is 5.55. The maximum Gasteiger partial charge on any atom is 0.159 e. The normalized spacial score (nSPS) is 10.5. The summed E-state index contributed by atoms with van der Waals surface area (Å²) in [6.07, 6.45) is 2.49. The van der Waals surface area contributed by atoms with Crippen LogP contribution in [0, 0.1) is 13.8 Å². The monoisotopic (exact) mass is 229 g/mol. The summed E-state index contributed by atoms with van der Waals surface area (Å²) in [5, 5.41) is 4.31. The van der Waals surface area contributed by atoms with Crippen molar-refractivity contribution in [3.63, 3.8) is 0 Å². The van der Waals surface area contributed by atoms with E-state index >= 15 is 0 Å². The molecule has 2 aromatic heterocycles. The lowest BCUT2D eigenvalue weighted by molar-refractivity contribution is 0.779. The average Bonchev–Trinajstić information content (AvgIpc) is 2.67. The zero-order valence-electron chi connectivity index (χ0n) is 10.3. The summed E-state index contributed by atoms with van der Waals surface area (Å²) in [7, 11) is 0. The van der Waals surface area contributed by atoms with E-state index in [1.54, 1.807) is 10.8 Å². The van der Waals surface area contributed by atoms with Crippen molar-refractivity contribution >= 4 is 6.08 Å². The molecule has 0 unspecified atom stereocenters. The van der Waals surface area contributed by atoms with Crippen LogP contribution in [-0.4, -0.2) is 24.7 Å². The summed E-state index contributed by atoms with van der Waals surface area (Å²) in [6, 6.07) is 1.85. The number of hydrogen-bond donors (Lipinski definition) is 0. The van der Waals surface area contributed by atoms with Gasteiger partial charge in [-0.2, -0.15) is 4.68 Å². The van der Waals surface area contributed by atoms with E-state index in [1.807, 2.05) is 26.8 Å². The number of nitrogens with zero attached hydrogens (tertiary/aromatic N) is 5. The molecule has 0 radical (unpaired) electrons. The van der Waals surface area contributed by atoms with Crippen molar-refractivity contribution < 1.29 is 0 Å². The summed E-state index contributed by atoms with van der Waals surface area (Å²) >= 11 is 0. The summed E-state index contributed by atoms with van der Waals surface area (Å²) in [4.78, 5) is 13.1. The van der Waals surface area contributed by atoms with E-state index in [4.69, 9.17) is 0 Å². The van der Waals surface area contributed by atoms with Crippen molar-refractivity contribution in [2.75, 3.05) is 0 Å². The third kappa shape index (κ3) is 2.22. The molecule has 0 saturated carbocycles. The van der Waals surface area contributed by atoms with Gasteiger partial charge in [0.25, 0.3) is 0 Å². The van der Waals surface area contributed by atoms with Gasteiger partial charge in [-0.3, -0.25) is 0 Å². The van der Waals surface area contributed by atoms with Gasteiger partial charge in [-0.1, -0.05) is 13.5 Å². The fraction of sp³-hybridized carbons (Fsp3) is 0.333. The predicted molar refractivity (Wildman–Crippen MR) is 65.9 cm³/mol. The van der Waals surface area contributed by atoms with Crippen LogP contribution in [0.3, 0.4) is 0 Å². The Labute approximate surface area is 100 Å². The lowest BCUT2D eigenvalue weighted by Gasteiger charge is -2.05. The highest BCUT2D eigenvalue weighted by molar-refractivity contribution is 5.44. The molecule has 0 atom stereocenters. The van der Waals surface area contributed by atoms with Crippen LogP contribution in [0.2, 0.25) is 0 Å². The Morgan fingerprint density at radius 2 is 2.06 bits per heavy atom. The minimum atomic E-state index is 0.735. The number of hydrogen-bond acceptors (Lipinski definition) is 4. The van der Waals surface area contributed by atoms with E-state index in [0.717, 1.165) is 35.4 Å². The first-order chi connectivity index (χ1) is 8.13. The van der Waals surface area contributed by atoms with Gasteiger partial charge in [0.05, 0.1) is 5.69 Å². The molecule has 2 aromatic rings. The third-order valence-electron chi connectivity index (χ3n) is 2.40. The SMILES string of the molecule is C=Cc1cc(-n2nc(C)nc2C)nc(CC)n1. The van der Waals surface area contributed by atoms with Gasteiger partial charge in [-0.25, -0.2) is 15.0 Å². The topological polar surface area (TPSA) is 56.5 Å². The number of aromatic nitrogens is 5. The van der Waals surface area contributed by atoms with Gasteiger partial charge < -0.3 is 0 Å². The lowest BCUT2D eigenvalue weighted by atomic mass is 10.3. The van der Waals surface area contributed by atoms with E-state index in [2.05, 4.69) is 26.6 Å². The van der Waals surface area contributed by atoms with Crippen LogP contribution >= 0.6 is 0 Å². The number of aryl methyl sites for hydroxylation is 3. The van der Waals surface area contributed by atoms with Crippen LogP contribution in [0.15, 0.2) is 12.6 Å². The Kier molecular flexibility index (Phi) is 2.99. The predicted octanol–water partition coefficient (Wildman–Crippen LogP) is 1.88. The molecule has 0 aliphatic carbocycles. The molecule has 2 heterocycles. The molecule has 5 nitrogen and oxygen atoms in total. The molecule has 0 aliphatic heterocycles. The molecule has 0 N–H and O–H groups in total. The van der Waals surface area contributed by atoms with Gasteiger partial charge in [0, 0.05) is 12.5 Å². The molecule has 17 heavy (non-hydrogen) atoms. The maximum absolute atomic E-state index is 4.45. The van der Waals surface area contributed by atoms with Gasteiger partial charge in [0.2, 0.25) is 0 Å². The minimum Gasteiger partial charge on any atom is -0.233 e. The molecule has 0 spiro atoms. The average molecular weight is 229 g/mol. The van der Waals surface area contributed by atoms with Gasteiger partial charge in [-0.15, -0.1) is 5.10 Å². The van der Waals surface area contributed by atoms with Gasteiger partial charge >= 0.3 is 0 Å². The molecule has 2 rings (SSSR count). The van der Waals surface area contributed by atoms with Crippen LogP contribution in [-0.2, 0) is 6.42 Å². The van der Waals surface area contributed by atoms with Crippen LogP contribution in [0.25, 0.3) is 11.9 Å². The molecule has 88 valence electrons. The zero-order valence-corrected chi connectivity index (χ0v) is 10.3. The van der Waals surface area contributed by atoms with Crippen LogP contribution in [0.4, 0.5) is 0 Å². The highest BCUT2D eigenvalue weighted by atomic mass is 15.4. The van der Waals surface area contributed by atoms with E-state index in [1.165, 1.54) is 0 Å². The molecule has 0 aromatic carbocycles. The molecule has 5 heteroatoms.